The fourth-order valence-electron chi connectivity index (χ4n) is 3.50. The van der Waals surface area contributed by atoms with Gasteiger partial charge >= 0.3 is 5.56 Å². The molecule has 0 aliphatic rings. The Bertz CT molecular complexity index is 1410. The first-order valence-corrected chi connectivity index (χ1v) is 10.6. The van der Waals surface area contributed by atoms with Crippen molar-refractivity contribution in [3.05, 3.63) is 84.6 Å². The van der Waals surface area contributed by atoms with Gasteiger partial charge in [-0.15, -0.1) is 21.6 Å². The first kappa shape index (κ1) is 21.3. The minimum Gasteiger partial charge on any atom is -0.291 e. The molecule has 4 rings (SSSR count). The SMILES string of the molecule is Cc1cc(C)c(N=Nc2c(C)[nH]n(-c3nc(-c4cccc([N+](=O)[O-])c4)cs3)c2=O)c(C)c1. The predicted octanol–water partition coefficient (Wildman–Crippen LogP) is 5.85. The minimum atomic E-state index is -0.454. The van der Waals surface area contributed by atoms with Gasteiger partial charge < -0.3 is 0 Å². The standard InChI is InChI=1S/C22H20N6O3S/c1-12-8-13(2)19(14(3)9-12)24-25-20-15(4)26-27(21(20)29)22-23-18(11-32-22)16-6-5-7-17(10-16)28(30)31/h5-11,26H,1-4H3. The molecule has 2 heterocycles. The fourth-order valence-corrected chi connectivity index (χ4v) is 4.29. The molecule has 0 saturated carbocycles. The van der Waals surface area contributed by atoms with Gasteiger partial charge in [-0.1, -0.05) is 29.8 Å². The highest BCUT2D eigenvalue weighted by Crippen LogP contribution is 2.29. The highest BCUT2D eigenvalue weighted by Gasteiger charge is 2.16. The van der Waals surface area contributed by atoms with E-state index in [1.165, 1.54) is 28.2 Å². The molecule has 0 bridgehead atoms. The Balaban J connectivity index is 1.68. The number of aryl methyl sites for hydroxylation is 4. The van der Waals surface area contributed by atoms with Crippen LogP contribution in [0.25, 0.3) is 16.4 Å². The number of aromatic amines is 1. The maximum Gasteiger partial charge on any atom is 0.301 e. The number of nitrogens with zero attached hydrogens (tertiary/aromatic N) is 5. The van der Waals surface area contributed by atoms with Gasteiger partial charge in [0.1, 0.15) is 0 Å². The zero-order valence-electron chi connectivity index (χ0n) is 17.9. The van der Waals surface area contributed by atoms with E-state index in [-0.39, 0.29) is 16.9 Å². The van der Waals surface area contributed by atoms with E-state index in [2.05, 4.69) is 20.3 Å². The number of hydrogen-bond donors (Lipinski definition) is 1. The van der Waals surface area contributed by atoms with Crippen LogP contribution in [0.2, 0.25) is 0 Å². The van der Waals surface area contributed by atoms with Crippen LogP contribution in [0.1, 0.15) is 22.4 Å². The molecule has 0 saturated heterocycles. The topological polar surface area (TPSA) is 119 Å². The summed E-state index contributed by atoms with van der Waals surface area (Å²) in [5.74, 6) is 0. The van der Waals surface area contributed by atoms with Gasteiger partial charge in [-0.3, -0.25) is 20.0 Å². The maximum atomic E-state index is 13.0. The highest BCUT2D eigenvalue weighted by atomic mass is 32.1. The highest BCUT2D eigenvalue weighted by molar-refractivity contribution is 7.12. The fraction of sp³-hybridized carbons (Fsp3) is 0.182. The average Bonchev–Trinajstić information content (AvgIpc) is 3.33. The molecule has 162 valence electrons. The van der Waals surface area contributed by atoms with E-state index in [1.807, 2.05) is 32.9 Å². The number of hydrogen-bond acceptors (Lipinski definition) is 7. The lowest BCUT2D eigenvalue weighted by Gasteiger charge is -2.04. The van der Waals surface area contributed by atoms with Gasteiger partial charge in [0, 0.05) is 23.1 Å². The molecule has 0 spiro atoms. The van der Waals surface area contributed by atoms with Crippen LogP contribution < -0.4 is 5.56 Å². The largest absolute Gasteiger partial charge is 0.301 e. The Labute approximate surface area is 187 Å². The van der Waals surface area contributed by atoms with Crippen molar-refractivity contribution >= 4 is 28.4 Å². The van der Waals surface area contributed by atoms with Gasteiger partial charge in [0.15, 0.2) is 5.69 Å². The van der Waals surface area contributed by atoms with Crippen LogP contribution in [-0.2, 0) is 0 Å². The second-order valence-electron chi connectivity index (χ2n) is 7.50. The van der Waals surface area contributed by atoms with Gasteiger partial charge in [0.05, 0.1) is 22.0 Å². The molecular weight excluding hydrogens is 428 g/mol. The third-order valence-electron chi connectivity index (χ3n) is 4.96. The van der Waals surface area contributed by atoms with E-state index in [9.17, 15) is 14.9 Å². The van der Waals surface area contributed by atoms with Crippen molar-refractivity contribution in [2.24, 2.45) is 10.2 Å². The summed E-state index contributed by atoms with van der Waals surface area (Å²) in [6.07, 6.45) is 0. The second-order valence-corrected chi connectivity index (χ2v) is 8.33. The van der Waals surface area contributed by atoms with Crippen molar-refractivity contribution in [1.82, 2.24) is 14.8 Å². The summed E-state index contributed by atoms with van der Waals surface area (Å²) in [4.78, 5) is 28.0. The van der Waals surface area contributed by atoms with Gasteiger partial charge in [-0.25, -0.2) is 4.98 Å². The second kappa shape index (κ2) is 8.31. The summed E-state index contributed by atoms with van der Waals surface area (Å²) < 4.78 is 1.31. The molecule has 0 atom stereocenters. The number of nitrogens with one attached hydrogen (secondary N) is 1. The molecule has 0 aliphatic carbocycles. The summed E-state index contributed by atoms with van der Waals surface area (Å²) >= 11 is 1.25. The molecule has 2 aromatic carbocycles. The Hall–Kier alpha value is -3.92. The Kier molecular flexibility index (Phi) is 5.54. The predicted molar refractivity (Wildman–Crippen MR) is 124 cm³/mol. The van der Waals surface area contributed by atoms with E-state index < -0.39 is 4.92 Å². The van der Waals surface area contributed by atoms with Gasteiger partial charge in [-0.2, -0.15) is 4.68 Å². The van der Waals surface area contributed by atoms with Crippen molar-refractivity contribution in [1.29, 1.82) is 0 Å². The van der Waals surface area contributed by atoms with Crippen molar-refractivity contribution < 1.29 is 4.92 Å². The monoisotopic (exact) mass is 448 g/mol. The Morgan fingerprint density at radius 1 is 1.06 bits per heavy atom. The average molecular weight is 449 g/mol. The normalized spacial score (nSPS) is 11.4. The molecular formula is C22H20N6O3S. The zero-order valence-corrected chi connectivity index (χ0v) is 18.7. The molecule has 0 radical (unpaired) electrons. The smallest absolute Gasteiger partial charge is 0.291 e. The number of non-ortho nitro benzene ring substituents is 1. The van der Waals surface area contributed by atoms with Gasteiger partial charge in [0.25, 0.3) is 5.69 Å². The third-order valence-corrected chi connectivity index (χ3v) is 5.79. The summed E-state index contributed by atoms with van der Waals surface area (Å²) in [5, 5.41) is 24.7. The lowest BCUT2D eigenvalue weighted by Crippen LogP contribution is -2.13. The first-order valence-electron chi connectivity index (χ1n) is 9.76. The molecule has 9 nitrogen and oxygen atoms in total. The number of H-pyrrole nitrogens is 1. The number of nitro benzene ring substituents is 1. The molecule has 0 amide bonds. The molecule has 32 heavy (non-hydrogen) atoms. The number of rotatable bonds is 5. The zero-order chi connectivity index (χ0) is 23.0. The maximum absolute atomic E-state index is 13.0. The molecule has 0 fully saturated rings. The van der Waals surface area contributed by atoms with E-state index in [4.69, 9.17) is 0 Å². The van der Waals surface area contributed by atoms with Gasteiger partial charge in [0.2, 0.25) is 5.13 Å². The first-order chi connectivity index (χ1) is 15.2. The van der Waals surface area contributed by atoms with Crippen LogP contribution in [0.4, 0.5) is 17.1 Å². The van der Waals surface area contributed by atoms with Crippen LogP contribution in [0, 0.1) is 37.8 Å². The molecule has 4 aromatic rings. The third kappa shape index (κ3) is 4.00. The van der Waals surface area contributed by atoms with E-state index in [0.717, 1.165) is 22.4 Å². The molecule has 2 aromatic heterocycles. The summed E-state index contributed by atoms with van der Waals surface area (Å²) in [6.45, 7) is 7.69. The van der Waals surface area contributed by atoms with Gasteiger partial charge in [-0.05, 0) is 38.8 Å². The number of nitro groups is 1. The van der Waals surface area contributed by atoms with E-state index in [1.54, 1.807) is 24.4 Å². The molecule has 10 heteroatoms. The summed E-state index contributed by atoms with van der Waals surface area (Å²) in [5.41, 5.74) is 5.38. The van der Waals surface area contributed by atoms with Crippen LogP contribution in [0.3, 0.4) is 0 Å². The lowest BCUT2D eigenvalue weighted by molar-refractivity contribution is -0.384. The van der Waals surface area contributed by atoms with Crippen LogP contribution in [0.15, 0.2) is 56.8 Å². The van der Waals surface area contributed by atoms with Crippen LogP contribution in [0.5, 0.6) is 0 Å². The number of azo groups is 1. The lowest BCUT2D eigenvalue weighted by atomic mass is 10.1. The number of thiazole rings is 1. The summed E-state index contributed by atoms with van der Waals surface area (Å²) in [6, 6.07) is 10.3. The van der Waals surface area contributed by atoms with Crippen LogP contribution >= 0.6 is 11.3 Å². The van der Waals surface area contributed by atoms with Crippen LogP contribution in [-0.4, -0.2) is 19.7 Å². The van der Waals surface area contributed by atoms with Crippen molar-refractivity contribution in [3.8, 4) is 16.4 Å². The Morgan fingerprint density at radius 3 is 2.44 bits per heavy atom. The number of benzene rings is 2. The van der Waals surface area contributed by atoms with Crippen molar-refractivity contribution in [2.45, 2.75) is 27.7 Å². The quantitative estimate of drug-likeness (QED) is 0.234. The van der Waals surface area contributed by atoms with Crippen molar-refractivity contribution in [2.75, 3.05) is 0 Å². The number of aromatic nitrogens is 3. The minimum absolute atomic E-state index is 0.0191. The van der Waals surface area contributed by atoms with E-state index in [0.29, 0.717) is 22.1 Å². The van der Waals surface area contributed by atoms with Crippen molar-refractivity contribution in [3.63, 3.8) is 0 Å². The molecule has 0 unspecified atom stereocenters. The van der Waals surface area contributed by atoms with E-state index >= 15 is 0 Å². The Morgan fingerprint density at radius 2 is 1.75 bits per heavy atom. The molecule has 1 N–H and O–H groups in total. The summed E-state index contributed by atoms with van der Waals surface area (Å²) in [7, 11) is 0. The molecule has 0 aliphatic heterocycles.